The van der Waals surface area contributed by atoms with Crippen LogP contribution in [0.5, 0.6) is 0 Å². The van der Waals surface area contributed by atoms with Crippen molar-refractivity contribution in [1.29, 1.82) is 0 Å². The number of aryl methyl sites for hydroxylation is 1. The quantitative estimate of drug-likeness (QED) is 0.863. The van der Waals surface area contributed by atoms with Gasteiger partial charge in [0.25, 0.3) is 0 Å². The van der Waals surface area contributed by atoms with E-state index >= 15 is 0 Å². The highest BCUT2D eigenvalue weighted by atomic mass is 32.1. The van der Waals surface area contributed by atoms with Gasteiger partial charge in [0.2, 0.25) is 5.13 Å². The summed E-state index contributed by atoms with van der Waals surface area (Å²) in [5.74, 6) is 0. The summed E-state index contributed by atoms with van der Waals surface area (Å²) < 4.78 is 1.87. The number of hydrogen-bond donors (Lipinski definition) is 1. The van der Waals surface area contributed by atoms with E-state index in [0.717, 1.165) is 28.7 Å². The van der Waals surface area contributed by atoms with Gasteiger partial charge < -0.3 is 5.32 Å². The Labute approximate surface area is 98.5 Å². The second kappa shape index (κ2) is 5.07. The Hall–Kier alpha value is -1.43. The van der Waals surface area contributed by atoms with Crippen LogP contribution in [-0.2, 0) is 6.54 Å². The molecule has 5 nitrogen and oxygen atoms in total. The zero-order valence-corrected chi connectivity index (χ0v) is 10.3. The van der Waals surface area contributed by atoms with Crippen molar-refractivity contribution < 1.29 is 0 Å². The molecule has 0 spiro atoms. The minimum absolute atomic E-state index is 0.694. The molecule has 0 aliphatic carbocycles. The lowest BCUT2D eigenvalue weighted by Gasteiger charge is -1.96. The average molecular weight is 237 g/mol. The summed E-state index contributed by atoms with van der Waals surface area (Å²) in [6, 6.07) is 0. The van der Waals surface area contributed by atoms with E-state index in [0.29, 0.717) is 6.54 Å². The van der Waals surface area contributed by atoms with E-state index in [4.69, 9.17) is 0 Å². The van der Waals surface area contributed by atoms with Crippen molar-refractivity contribution in [2.24, 2.45) is 0 Å². The maximum absolute atomic E-state index is 4.22. The summed E-state index contributed by atoms with van der Waals surface area (Å²) in [6.45, 7) is 5.79. The second-order valence-electron chi connectivity index (χ2n) is 3.64. The Morgan fingerprint density at radius 1 is 1.44 bits per heavy atom. The largest absolute Gasteiger partial charge is 0.360 e. The van der Waals surface area contributed by atoms with E-state index in [2.05, 4.69) is 27.5 Å². The molecule has 0 aliphatic heterocycles. The van der Waals surface area contributed by atoms with Gasteiger partial charge in [-0.05, 0) is 18.9 Å². The first-order chi connectivity index (χ1) is 7.78. The number of nitrogens with one attached hydrogen (secondary N) is 1. The van der Waals surface area contributed by atoms with E-state index < -0.39 is 0 Å². The summed E-state index contributed by atoms with van der Waals surface area (Å²) >= 11 is 1.58. The maximum atomic E-state index is 4.22. The molecule has 0 aromatic carbocycles. The van der Waals surface area contributed by atoms with E-state index in [9.17, 15) is 0 Å². The first-order valence-corrected chi connectivity index (χ1v) is 6.15. The van der Waals surface area contributed by atoms with Crippen molar-refractivity contribution in [2.75, 3.05) is 11.9 Å². The third kappa shape index (κ3) is 2.79. The van der Waals surface area contributed by atoms with Gasteiger partial charge in [-0.3, -0.25) is 4.68 Å². The molecule has 0 bridgehead atoms. The maximum Gasteiger partial charge on any atom is 0.205 e. The topological polar surface area (TPSA) is 55.6 Å². The van der Waals surface area contributed by atoms with Gasteiger partial charge in [0.15, 0.2) is 0 Å². The minimum atomic E-state index is 0.694. The fraction of sp³-hybridized carbons (Fsp3) is 0.500. The fourth-order valence-electron chi connectivity index (χ4n) is 1.31. The van der Waals surface area contributed by atoms with Crippen molar-refractivity contribution in [3.05, 3.63) is 23.0 Å². The molecule has 1 N–H and O–H groups in total. The first kappa shape index (κ1) is 11.1. The molecule has 0 aliphatic rings. The molecular formula is C10H15N5S. The summed E-state index contributed by atoms with van der Waals surface area (Å²) in [6.07, 6.45) is 4.94. The van der Waals surface area contributed by atoms with Crippen molar-refractivity contribution in [2.45, 2.75) is 26.8 Å². The van der Waals surface area contributed by atoms with Crippen LogP contribution >= 0.6 is 11.3 Å². The van der Waals surface area contributed by atoms with Crippen LogP contribution in [0.1, 0.15) is 23.9 Å². The van der Waals surface area contributed by atoms with Crippen molar-refractivity contribution in [1.82, 2.24) is 20.0 Å². The Kier molecular flexibility index (Phi) is 3.51. The van der Waals surface area contributed by atoms with Crippen LogP contribution in [0.3, 0.4) is 0 Å². The van der Waals surface area contributed by atoms with Crippen molar-refractivity contribution >= 4 is 16.5 Å². The molecule has 2 aromatic heterocycles. The molecule has 0 radical (unpaired) electrons. The monoisotopic (exact) mass is 237 g/mol. The molecule has 2 heterocycles. The summed E-state index contributed by atoms with van der Waals surface area (Å²) in [4.78, 5) is 0. The summed E-state index contributed by atoms with van der Waals surface area (Å²) in [5, 5.41) is 17.5. The van der Waals surface area contributed by atoms with Gasteiger partial charge in [-0.25, -0.2) is 0 Å². The SMILES string of the molecule is CCCNc1nnc(Cn2cc(C)cn2)s1. The lowest BCUT2D eigenvalue weighted by Crippen LogP contribution is -1.99. The predicted octanol–water partition coefficient (Wildman–Crippen LogP) is 1.91. The van der Waals surface area contributed by atoms with Crippen LogP contribution in [0.25, 0.3) is 0 Å². The molecular weight excluding hydrogens is 222 g/mol. The second-order valence-corrected chi connectivity index (χ2v) is 4.71. The number of aromatic nitrogens is 4. The number of hydrogen-bond acceptors (Lipinski definition) is 5. The van der Waals surface area contributed by atoms with Gasteiger partial charge in [-0.15, -0.1) is 10.2 Å². The van der Waals surface area contributed by atoms with Crippen LogP contribution in [-0.4, -0.2) is 26.5 Å². The predicted molar refractivity (Wildman–Crippen MR) is 64.8 cm³/mol. The number of anilines is 1. The van der Waals surface area contributed by atoms with Gasteiger partial charge in [-0.2, -0.15) is 5.10 Å². The molecule has 6 heteroatoms. The zero-order valence-electron chi connectivity index (χ0n) is 9.47. The Morgan fingerprint density at radius 2 is 2.31 bits per heavy atom. The van der Waals surface area contributed by atoms with E-state index in [-0.39, 0.29) is 0 Å². The molecule has 0 atom stereocenters. The lowest BCUT2D eigenvalue weighted by atomic mass is 10.4. The van der Waals surface area contributed by atoms with Gasteiger partial charge >= 0.3 is 0 Å². The van der Waals surface area contributed by atoms with Gasteiger partial charge in [-0.1, -0.05) is 18.3 Å². The highest BCUT2D eigenvalue weighted by Crippen LogP contribution is 2.15. The highest BCUT2D eigenvalue weighted by molar-refractivity contribution is 7.15. The van der Waals surface area contributed by atoms with Gasteiger partial charge in [0.05, 0.1) is 12.7 Å². The van der Waals surface area contributed by atoms with Gasteiger partial charge in [0.1, 0.15) is 5.01 Å². The molecule has 0 fully saturated rings. The molecule has 0 saturated heterocycles. The summed E-state index contributed by atoms with van der Waals surface area (Å²) in [5.41, 5.74) is 1.16. The molecule has 0 saturated carbocycles. The number of rotatable bonds is 5. The van der Waals surface area contributed by atoms with Crippen molar-refractivity contribution in [3.63, 3.8) is 0 Å². The molecule has 86 valence electrons. The minimum Gasteiger partial charge on any atom is -0.360 e. The Morgan fingerprint density at radius 3 is 3.00 bits per heavy atom. The molecule has 16 heavy (non-hydrogen) atoms. The summed E-state index contributed by atoms with van der Waals surface area (Å²) in [7, 11) is 0. The zero-order chi connectivity index (χ0) is 11.4. The van der Waals surface area contributed by atoms with Crippen LogP contribution in [0, 0.1) is 6.92 Å². The molecule has 2 aromatic rings. The Bertz CT molecular complexity index is 448. The van der Waals surface area contributed by atoms with Gasteiger partial charge in [0, 0.05) is 12.7 Å². The third-order valence-corrected chi connectivity index (χ3v) is 2.92. The Balaban J connectivity index is 1.97. The average Bonchev–Trinajstić information content (AvgIpc) is 2.86. The third-order valence-electron chi connectivity index (χ3n) is 2.05. The van der Waals surface area contributed by atoms with Crippen molar-refractivity contribution in [3.8, 4) is 0 Å². The lowest BCUT2D eigenvalue weighted by molar-refractivity contribution is 0.677. The van der Waals surface area contributed by atoms with Crippen LogP contribution < -0.4 is 5.32 Å². The standard InChI is InChI=1S/C10H15N5S/c1-3-4-11-10-14-13-9(16-10)7-15-6-8(2)5-12-15/h5-6H,3-4,7H2,1-2H3,(H,11,14). The fourth-order valence-corrected chi connectivity index (χ4v) is 2.07. The number of nitrogens with zero attached hydrogens (tertiary/aromatic N) is 4. The normalized spacial score (nSPS) is 10.6. The van der Waals surface area contributed by atoms with Crippen LogP contribution in [0.15, 0.2) is 12.4 Å². The molecule has 0 unspecified atom stereocenters. The van der Waals surface area contributed by atoms with E-state index in [1.54, 1.807) is 11.3 Å². The smallest absolute Gasteiger partial charge is 0.205 e. The van der Waals surface area contributed by atoms with E-state index in [1.807, 2.05) is 24.0 Å². The van der Waals surface area contributed by atoms with E-state index in [1.165, 1.54) is 0 Å². The molecule has 0 amide bonds. The first-order valence-electron chi connectivity index (χ1n) is 5.33. The van der Waals surface area contributed by atoms with Crippen LogP contribution in [0.4, 0.5) is 5.13 Å². The van der Waals surface area contributed by atoms with Crippen LogP contribution in [0.2, 0.25) is 0 Å². The molecule has 2 rings (SSSR count). The highest BCUT2D eigenvalue weighted by Gasteiger charge is 2.04.